The molecule has 0 heterocycles. The maximum atomic E-state index is 14.5. The van der Waals surface area contributed by atoms with Crippen LogP contribution in [0, 0.1) is 23.1 Å². The fourth-order valence-corrected chi connectivity index (χ4v) is 3.85. The van der Waals surface area contributed by atoms with Crippen molar-refractivity contribution in [3.05, 3.63) is 71.5 Å². The lowest BCUT2D eigenvalue weighted by molar-refractivity contribution is 0.221. The van der Waals surface area contributed by atoms with Gasteiger partial charge in [0.2, 0.25) is 0 Å². The smallest absolute Gasteiger partial charge is 0.128 e. The third-order valence-electron chi connectivity index (χ3n) is 5.81. The van der Waals surface area contributed by atoms with E-state index < -0.39 is 5.41 Å². The van der Waals surface area contributed by atoms with Crippen LogP contribution in [0.1, 0.15) is 43.7 Å². The Hall–Kier alpha value is -2.18. The van der Waals surface area contributed by atoms with E-state index in [0.29, 0.717) is 18.0 Å². The predicted molar refractivity (Wildman–Crippen MR) is 103 cm³/mol. The summed E-state index contributed by atoms with van der Waals surface area (Å²) in [5, 5.41) is 10.0. The lowest BCUT2D eigenvalue weighted by atomic mass is 9.73. The number of hydrogen-bond donors (Lipinski definition) is 0. The molecule has 1 aliphatic rings. The Morgan fingerprint density at radius 1 is 1.15 bits per heavy atom. The van der Waals surface area contributed by atoms with E-state index in [-0.39, 0.29) is 11.7 Å². The molecule has 1 aliphatic carbocycles. The molecule has 2 nitrogen and oxygen atoms in total. The van der Waals surface area contributed by atoms with Crippen LogP contribution in [0.3, 0.4) is 0 Å². The molecule has 0 aromatic heterocycles. The maximum Gasteiger partial charge on any atom is 0.128 e. The third kappa shape index (κ3) is 3.97. The first-order valence-corrected chi connectivity index (χ1v) is 9.47. The molecular formula is C23H27FN2. The van der Waals surface area contributed by atoms with Gasteiger partial charge in [-0.05, 0) is 57.2 Å². The van der Waals surface area contributed by atoms with E-state index in [9.17, 15) is 9.65 Å². The van der Waals surface area contributed by atoms with Gasteiger partial charge in [0, 0.05) is 18.2 Å². The van der Waals surface area contributed by atoms with Gasteiger partial charge in [0.1, 0.15) is 5.82 Å². The number of nitrogens with zero attached hydrogens (tertiary/aromatic N) is 2. The number of halogens is 1. The van der Waals surface area contributed by atoms with Crippen LogP contribution < -0.4 is 0 Å². The summed E-state index contributed by atoms with van der Waals surface area (Å²) in [6.45, 7) is 3.07. The highest BCUT2D eigenvalue weighted by Crippen LogP contribution is 2.50. The molecule has 1 saturated carbocycles. The van der Waals surface area contributed by atoms with Gasteiger partial charge in [-0.25, -0.2) is 4.39 Å². The third-order valence-corrected chi connectivity index (χ3v) is 5.81. The summed E-state index contributed by atoms with van der Waals surface area (Å²) >= 11 is 0. The molecule has 2 atom stereocenters. The zero-order valence-electron chi connectivity index (χ0n) is 15.7. The van der Waals surface area contributed by atoms with Crippen LogP contribution >= 0.6 is 0 Å². The van der Waals surface area contributed by atoms with Crippen molar-refractivity contribution in [2.24, 2.45) is 5.92 Å². The van der Waals surface area contributed by atoms with Gasteiger partial charge in [-0.15, -0.1) is 0 Å². The van der Waals surface area contributed by atoms with Gasteiger partial charge >= 0.3 is 0 Å². The molecule has 0 aliphatic heterocycles. The molecular weight excluding hydrogens is 323 g/mol. The average Bonchev–Trinajstić information content (AvgIpc) is 3.50. The minimum Gasteiger partial charge on any atom is -0.299 e. The predicted octanol–water partition coefficient (Wildman–Crippen LogP) is 5.30. The van der Waals surface area contributed by atoms with Gasteiger partial charge < -0.3 is 0 Å². The minimum atomic E-state index is -0.687. The number of hydrogen-bond acceptors (Lipinski definition) is 2. The second kappa shape index (κ2) is 8.01. The Morgan fingerprint density at radius 2 is 1.81 bits per heavy atom. The standard InChI is InChI=1S/C23H27FN2/c1-18(26(2)16-19-8-4-3-5-9-19)14-15-23(17-25,20-12-13-20)21-10-6-7-11-22(21)24/h3-11,18,20H,12-16H2,1-2H3. The van der Waals surface area contributed by atoms with Crippen LogP contribution in [0.4, 0.5) is 4.39 Å². The van der Waals surface area contributed by atoms with Crippen molar-refractivity contribution in [3.8, 4) is 6.07 Å². The van der Waals surface area contributed by atoms with Crippen molar-refractivity contribution >= 4 is 0 Å². The summed E-state index contributed by atoms with van der Waals surface area (Å²) in [6.07, 6.45) is 3.63. The molecule has 0 spiro atoms. The van der Waals surface area contributed by atoms with E-state index in [1.165, 1.54) is 11.6 Å². The van der Waals surface area contributed by atoms with Gasteiger partial charge in [-0.3, -0.25) is 4.90 Å². The van der Waals surface area contributed by atoms with E-state index in [1.54, 1.807) is 12.1 Å². The van der Waals surface area contributed by atoms with Crippen LogP contribution in [-0.4, -0.2) is 18.0 Å². The Labute approximate surface area is 156 Å². The first-order valence-electron chi connectivity index (χ1n) is 9.47. The Morgan fingerprint density at radius 3 is 2.42 bits per heavy atom. The fraction of sp³-hybridized carbons (Fsp3) is 0.435. The van der Waals surface area contributed by atoms with Crippen molar-refractivity contribution in [2.75, 3.05) is 7.05 Å². The lowest BCUT2D eigenvalue weighted by Crippen LogP contribution is -2.34. The van der Waals surface area contributed by atoms with E-state index in [0.717, 1.165) is 25.8 Å². The normalized spacial score (nSPS) is 17.5. The van der Waals surface area contributed by atoms with Crippen LogP contribution in [-0.2, 0) is 12.0 Å². The first-order chi connectivity index (χ1) is 12.6. The molecule has 2 aromatic rings. The number of nitriles is 1. The van der Waals surface area contributed by atoms with E-state index in [4.69, 9.17) is 0 Å². The highest BCUT2D eigenvalue weighted by molar-refractivity contribution is 5.36. The Kier molecular flexibility index (Phi) is 5.74. The second-order valence-corrected chi connectivity index (χ2v) is 7.63. The fourth-order valence-electron chi connectivity index (χ4n) is 3.85. The van der Waals surface area contributed by atoms with Gasteiger partial charge in [0.15, 0.2) is 0 Å². The molecule has 0 N–H and O–H groups in total. The summed E-state index contributed by atoms with van der Waals surface area (Å²) in [4.78, 5) is 2.31. The van der Waals surface area contributed by atoms with Crippen molar-refractivity contribution in [2.45, 2.75) is 50.6 Å². The number of rotatable bonds is 8. The Balaban J connectivity index is 1.70. The largest absolute Gasteiger partial charge is 0.299 e. The molecule has 136 valence electrons. The van der Waals surface area contributed by atoms with Crippen molar-refractivity contribution in [1.82, 2.24) is 4.90 Å². The van der Waals surface area contributed by atoms with Crippen LogP contribution in [0.2, 0.25) is 0 Å². The zero-order valence-corrected chi connectivity index (χ0v) is 15.7. The summed E-state index contributed by atoms with van der Waals surface area (Å²) in [5.74, 6) is 0.0438. The van der Waals surface area contributed by atoms with Gasteiger partial charge in [-0.1, -0.05) is 48.5 Å². The summed E-state index contributed by atoms with van der Waals surface area (Å²) in [7, 11) is 2.12. The lowest BCUT2D eigenvalue weighted by Gasteiger charge is -2.31. The first kappa shape index (κ1) is 18.6. The highest BCUT2D eigenvalue weighted by atomic mass is 19.1. The SMILES string of the molecule is CC(CCC(C#N)(c1ccccc1F)C1CC1)N(C)Cc1ccccc1. The van der Waals surface area contributed by atoms with Crippen molar-refractivity contribution in [3.63, 3.8) is 0 Å². The average molecular weight is 350 g/mol. The number of benzene rings is 2. The highest BCUT2D eigenvalue weighted by Gasteiger charge is 2.48. The molecule has 0 saturated heterocycles. The van der Waals surface area contributed by atoms with Gasteiger partial charge in [0.25, 0.3) is 0 Å². The van der Waals surface area contributed by atoms with Gasteiger partial charge in [0.05, 0.1) is 11.5 Å². The monoisotopic (exact) mass is 350 g/mol. The molecule has 2 aromatic carbocycles. The maximum absolute atomic E-state index is 14.5. The summed E-state index contributed by atoms with van der Waals surface area (Å²) < 4.78 is 14.5. The van der Waals surface area contributed by atoms with Crippen LogP contribution in [0.5, 0.6) is 0 Å². The van der Waals surface area contributed by atoms with E-state index in [1.807, 2.05) is 12.1 Å². The van der Waals surface area contributed by atoms with Crippen molar-refractivity contribution in [1.29, 1.82) is 5.26 Å². The topological polar surface area (TPSA) is 27.0 Å². The quantitative estimate of drug-likeness (QED) is 0.646. The molecule has 0 amide bonds. The molecule has 1 fully saturated rings. The molecule has 26 heavy (non-hydrogen) atoms. The molecule has 2 unspecified atom stereocenters. The van der Waals surface area contributed by atoms with Crippen molar-refractivity contribution < 1.29 is 4.39 Å². The molecule has 0 radical (unpaired) electrons. The van der Waals surface area contributed by atoms with E-state index in [2.05, 4.69) is 49.2 Å². The molecule has 3 heteroatoms. The summed E-state index contributed by atoms with van der Waals surface area (Å²) in [6, 6.07) is 20.1. The van der Waals surface area contributed by atoms with Gasteiger partial charge in [-0.2, -0.15) is 5.26 Å². The second-order valence-electron chi connectivity index (χ2n) is 7.63. The minimum absolute atomic E-state index is 0.244. The van der Waals surface area contributed by atoms with Crippen LogP contribution in [0.25, 0.3) is 0 Å². The van der Waals surface area contributed by atoms with Crippen LogP contribution in [0.15, 0.2) is 54.6 Å². The zero-order chi connectivity index (χ0) is 18.6. The molecule has 3 rings (SSSR count). The summed E-state index contributed by atoms with van der Waals surface area (Å²) in [5.41, 5.74) is 1.18. The molecule has 0 bridgehead atoms. The van der Waals surface area contributed by atoms with E-state index >= 15 is 0 Å². The Bertz CT molecular complexity index is 763.